The Morgan fingerprint density at radius 3 is 2.76 bits per heavy atom. The first-order valence-electron chi connectivity index (χ1n) is 5.78. The summed E-state index contributed by atoms with van der Waals surface area (Å²) in [6, 6.07) is 6.20. The van der Waals surface area contributed by atoms with E-state index in [0.29, 0.717) is 0 Å². The second kappa shape index (κ2) is 7.14. The van der Waals surface area contributed by atoms with Crippen LogP contribution in [0.4, 0.5) is 5.69 Å². The molecule has 2 N–H and O–H groups in total. The number of hydrogen-bond donors (Lipinski definition) is 1. The molecule has 0 amide bonds. The fraction of sp³-hybridized carbons (Fsp3) is 0.538. The van der Waals surface area contributed by atoms with Crippen LogP contribution in [0.2, 0.25) is 5.02 Å². The average Bonchev–Trinajstić information content (AvgIpc) is 2.25. The van der Waals surface area contributed by atoms with E-state index in [1.54, 1.807) is 0 Å². The van der Waals surface area contributed by atoms with Gasteiger partial charge in [-0.2, -0.15) is 11.8 Å². The van der Waals surface area contributed by atoms with Crippen LogP contribution in [0.15, 0.2) is 18.2 Å². The van der Waals surface area contributed by atoms with Crippen molar-refractivity contribution in [3.05, 3.63) is 28.8 Å². The summed E-state index contributed by atoms with van der Waals surface area (Å²) in [5, 5.41) is 0.780. The number of nitrogens with zero attached hydrogens (tertiary/aromatic N) is 1. The van der Waals surface area contributed by atoms with Crippen molar-refractivity contribution in [3.63, 3.8) is 0 Å². The van der Waals surface area contributed by atoms with Crippen molar-refractivity contribution in [2.45, 2.75) is 19.4 Å². The smallest absolute Gasteiger partial charge is 0.0410 e. The molecule has 0 fully saturated rings. The van der Waals surface area contributed by atoms with Gasteiger partial charge in [-0.05, 0) is 43.4 Å². The van der Waals surface area contributed by atoms with Gasteiger partial charge in [0, 0.05) is 36.1 Å². The molecule has 96 valence electrons. The summed E-state index contributed by atoms with van der Waals surface area (Å²) in [6.45, 7) is 3.06. The summed E-state index contributed by atoms with van der Waals surface area (Å²) in [5.74, 6) is 1.12. The van der Waals surface area contributed by atoms with Crippen LogP contribution in [0.3, 0.4) is 0 Å². The molecule has 0 heterocycles. The topological polar surface area (TPSA) is 29.3 Å². The van der Waals surface area contributed by atoms with Gasteiger partial charge >= 0.3 is 0 Å². The number of nitrogens with two attached hydrogens (primary N) is 1. The van der Waals surface area contributed by atoms with E-state index in [2.05, 4.69) is 24.3 Å². The van der Waals surface area contributed by atoms with Gasteiger partial charge in [-0.15, -0.1) is 0 Å². The summed E-state index contributed by atoms with van der Waals surface area (Å²) < 4.78 is 0. The highest BCUT2D eigenvalue weighted by atomic mass is 35.5. The predicted octanol–water partition coefficient (Wildman–Crippen LogP) is 3.03. The van der Waals surface area contributed by atoms with Crippen LogP contribution in [-0.4, -0.2) is 31.6 Å². The highest BCUT2D eigenvalue weighted by Crippen LogP contribution is 2.24. The summed E-state index contributed by atoms with van der Waals surface area (Å²) >= 11 is 7.90. The number of anilines is 1. The summed E-state index contributed by atoms with van der Waals surface area (Å²) in [7, 11) is 2.12. The minimum Gasteiger partial charge on any atom is -0.374 e. The zero-order valence-corrected chi connectivity index (χ0v) is 12.3. The number of halogens is 1. The molecular weight excluding hydrogens is 252 g/mol. The first kappa shape index (κ1) is 14.7. The Kier molecular flexibility index (Phi) is 6.17. The largest absolute Gasteiger partial charge is 0.374 e. The number of thioether (sulfide) groups is 1. The van der Waals surface area contributed by atoms with Crippen LogP contribution in [-0.2, 0) is 6.42 Å². The van der Waals surface area contributed by atoms with Gasteiger partial charge in [0.2, 0.25) is 0 Å². The van der Waals surface area contributed by atoms with Crippen molar-refractivity contribution in [2.75, 3.05) is 30.5 Å². The Morgan fingerprint density at radius 1 is 1.47 bits per heavy atom. The molecule has 0 aliphatic carbocycles. The van der Waals surface area contributed by atoms with E-state index < -0.39 is 0 Å². The van der Waals surface area contributed by atoms with Gasteiger partial charge in [0.1, 0.15) is 0 Å². The lowest BCUT2D eigenvalue weighted by Crippen LogP contribution is -2.24. The molecule has 0 bridgehead atoms. The molecule has 1 atom stereocenters. The Bertz CT molecular complexity index is 355. The van der Waals surface area contributed by atoms with Gasteiger partial charge in [0.15, 0.2) is 0 Å². The van der Waals surface area contributed by atoms with Crippen molar-refractivity contribution < 1.29 is 0 Å². The number of benzene rings is 1. The molecule has 0 aliphatic rings. The molecule has 0 aromatic heterocycles. The first-order valence-corrected chi connectivity index (χ1v) is 7.56. The molecule has 4 heteroatoms. The molecule has 2 nitrogen and oxygen atoms in total. The summed E-state index contributed by atoms with van der Waals surface area (Å²) in [4.78, 5) is 2.27. The van der Waals surface area contributed by atoms with Crippen LogP contribution in [0.25, 0.3) is 0 Å². The molecule has 1 unspecified atom stereocenters. The van der Waals surface area contributed by atoms with Crippen molar-refractivity contribution >= 4 is 29.1 Å². The van der Waals surface area contributed by atoms with Crippen LogP contribution in [0.5, 0.6) is 0 Å². The maximum absolute atomic E-state index is 6.05. The third kappa shape index (κ3) is 4.78. The highest BCUT2D eigenvalue weighted by molar-refractivity contribution is 7.98. The second-order valence-corrected chi connectivity index (χ2v) is 5.79. The third-order valence-electron chi connectivity index (χ3n) is 2.63. The van der Waals surface area contributed by atoms with E-state index in [4.69, 9.17) is 17.3 Å². The molecule has 0 saturated heterocycles. The Labute approximate surface area is 114 Å². The predicted molar refractivity (Wildman–Crippen MR) is 80.5 cm³/mol. The molecule has 0 spiro atoms. The highest BCUT2D eigenvalue weighted by Gasteiger charge is 2.09. The van der Waals surface area contributed by atoms with E-state index in [9.17, 15) is 0 Å². The third-order valence-corrected chi connectivity index (χ3v) is 3.45. The van der Waals surface area contributed by atoms with E-state index >= 15 is 0 Å². The fourth-order valence-corrected chi connectivity index (χ4v) is 2.44. The van der Waals surface area contributed by atoms with Crippen LogP contribution in [0, 0.1) is 0 Å². The normalized spacial score (nSPS) is 12.5. The average molecular weight is 273 g/mol. The second-order valence-electron chi connectivity index (χ2n) is 4.37. The maximum Gasteiger partial charge on any atom is 0.0410 e. The van der Waals surface area contributed by atoms with Crippen LogP contribution in [0.1, 0.15) is 12.5 Å². The molecule has 17 heavy (non-hydrogen) atoms. The lowest BCUT2D eigenvalue weighted by atomic mass is 10.0. The Hall–Kier alpha value is -0.380. The van der Waals surface area contributed by atoms with Gasteiger partial charge in [-0.1, -0.05) is 11.6 Å². The lowest BCUT2D eigenvalue weighted by molar-refractivity contribution is 0.735. The molecule has 0 radical (unpaired) electrons. The van der Waals surface area contributed by atoms with Crippen molar-refractivity contribution in [2.24, 2.45) is 5.73 Å². The molecule has 1 aromatic rings. The Balaban J connectivity index is 2.88. The van der Waals surface area contributed by atoms with E-state index in [1.165, 1.54) is 11.3 Å². The van der Waals surface area contributed by atoms with Crippen molar-refractivity contribution in [1.29, 1.82) is 0 Å². The molecule has 1 aromatic carbocycles. The fourth-order valence-electron chi connectivity index (χ4n) is 1.79. The van der Waals surface area contributed by atoms with Crippen molar-refractivity contribution in [3.8, 4) is 0 Å². The maximum atomic E-state index is 6.05. The quantitative estimate of drug-likeness (QED) is 0.863. The van der Waals surface area contributed by atoms with E-state index in [0.717, 1.165) is 23.7 Å². The number of rotatable bonds is 6. The lowest BCUT2D eigenvalue weighted by Gasteiger charge is -2.23. The minimum absolute atomic E-state index is 0.154. The van der Waals surface area contributed by atoms with Gasteiger partial charge in [-0.3, -0.25) is 0 Å². The number of hydrogen-bond acceptors (Lipinski definition) is 3. The van der Waals surface area contributed by atoms with Gasteiger partial charge in [-0.25, -0.2) is 0 Å². The summed E-state index contributed by atoms with van der Waals surface area (Å²) in [5.41, 5.74) is 8.35. The SMILES string of the molecule is CSCCN(C)c1ccc(Cl)cc1CC(C)N. The first-order chi connectivity index (χ1) is 8.04. The van der Waals surface area contributed by atoms with Crippen LogP contribution >= 0.6 is 23.4 Å². The monoisotopic (exact) mass is 272 g/mol. The molecular formula is C13H21ClN2S. The zero-order chi connectivity index (χ0) is 12.8. The van der Waals surface area contributed by atoms with E-state index in [-0.39, 0.29) is 6.04 Å². The van der Waals surface area contributed by atoms with Gasteiger partial charge in [0.25, 0.3) is 0 Å². The molecule has 0 aliphatic heterocycles. The molecule has 1 rings (SSSR count). The standard InChI is InChI=1S/C13H21ClN2S/c1-10(15)8-11-9-12(14)4-5-13(11)16(2)6-7-17-3/h4-5,9-10H,6-8,15H2,1-3H3. The summed E-state index contributed by atoms with van der Waals surface area (Å²) in [6.07, 6.45) is 2.98. The van der Waals surface area contributed by atoms with Crippen molar-refractivity contribution in [1.82, 2.24) is 0 Å². The van der Waals surface area contributed by atoms with E-state index in [1.807, 2.05) is 30.8 Å². The van der Waals surface area contributed by atoms with Gasteiger partial charge < -0.3 is 10.6 Å². The molecule has 0 saturated carbocycles. The van der Waals surface area contributed by atoms with Crippen LogP contribution < -0.4 is 10.6 Å². The van der Waals surface area contributed by atoms with Gasteiger partial charge in [0.05, 0.1) is 0 Å². The Morgan fingerprint density at radius 2 is 2.18 bits per heavy atom. The zero-order valence-electron chi connectivity index (χ0n) is 10.7. The minimum atomic E-state index is 0.154.